The molecule has 0 atom stereocenters. The van der Waals surface area contributed by atoms with Gasteiger partial charge in [0.15, 0.2) is 0 Å². The van der Waals surface area contributed by atoms with E-state index in [4.69, 9.17) is 16.7 Å². The predicted molar refractivity (Wildman–Crippen MR) is 61.5 cm³/mol. The van der Waals surface area contributed by atoms with Gasteiger partial charge in [-0.15, -0.1) is 0 Å². The summed E-state index contributed by atoms with van der Waals surface area (Å²) in [6, 6.07) is 5.53. The Morgan fingerprint density at radius 1 is 1.60 bits per heavy atom. The average molecular weight is 226 g/mol. The van der Waals surface area contributed by atoms with Gasteiger partial charge in [-0.05, 0) is 24.6 Å². The molecule has 0 fully saturated rings. The van der Waals surface area contributed by atoms with Gasteiger partial charge >= 0.3 is 5.97 Å². The van der Waals surface area contributed by atoms with E-state index in [-0.39, 0.29) is 0 Å². The fraction of sp³-hybridized carbons (Fsp3) is 0.182. The normalized spacial score (nSPS) is 10.5. The largest absolute Gasteiger partial charge is 0.478 e. The molecular formula is C11H12ClNO2. The zero-order valence-corrected chi connectivity index (χ0v) is 9.08. The first-order valence-electron chi connectivity index (χ1n) is 4.49. The molecule has 0 heterocycles. The summed E-state index contributed by atoms with van der Waals surface area (Å²) in [5, 5.41) is 12.1. The van der Waals surface area contributed by atoms with Crippen LogP contribution in [-0.4, -0.2) is 17.6 Å². The number of aliphatic carboxylic acids is 1. The first-order chi connectivity index (χ1) is 7.09. The summed E-state index contributed by atoms with van der Waals surface area (Å²) in [4.78, 5) is 10.2. The van der Waals surface area contributed by atoms with Crippen molar-refractivity contribution >= 4 is 23.3 Å². The minimum Gasteiger partial charge on any atom is -0.478 e. The molecule has 2 N–H and O–H groups in total. The molecule has 0 aromatic heterocycles. The lowest BCUT2D eigenvalue weighted by atomic mass is 10.2. The quantitative estimate of drug-likeness (QED) is 0.775. The summed E-state index contributed by atoms with van der Waals surface area (Å²) in [6.45, 7) is 2.42. The van der Waals surface area contributed by atoms with Crippen molar-refractivity contribution < 1.29 is 9.90 Å². The summed E-state index contributed by atoms with van der Waals surface area (Å²) >= 11 is 5.83. The number of carboxylic acid groups (broad SMARTS) is 1. The Balaban J connectivity index is 2.57. The fourth-order valence-corrected chi connectivity index (χ4v) is 1.29. The molecule has 0 spiro atoms. The van der Waals surface area contributed by atoms with Gasteiger partial charge < -0.3 is 10.4 Å². The number of hydrogen-bond acceptors (Lipinski definition) is 2. The maximum atomic E-state index is 10.2. The predicted octanol–water partition coefficient (Wildman–Crippen LogP) is 2.70. The van der Waals surface area contributed by atoms with E-state index in [1.807, 2.05) is 25.1 Å². The number of rotatable bonds is 4. The number of carbonyl (C=O) groups is 1. The van der Waals surface area contributed by atoms with E-state index in [9.17, 15) is 4.79 Å². The molecule has 0 saturated carbocycles. The third kappa shape index (κ3) is 4.04. The van der Waals surface area contributed by atoms with E-state index < -0.39 is 5.97 Å². The van der Waals surface area contributed by atoms with Crippen LogP contribution in [0.1, 0.15) is 5.56 Å². The number of anilines is 1. The van der Waals surface area contributed by atoms with Crippen molar-refractivity contribution in [1.29, 1.82) is 0 Å². The molecule has 0 aliphatic rings. The molecule has 4 heteroatoms. The fourth-order valence-electron chi connectivity index (χ4n) is 1.11. The SMILES string of the molecule is Cc1ccc(Cl)cc1NC/C=C/C(=O)O. The van der Waals surface area contributed by atoms with Crippen LogP contribution < -0.4 is 5.32 Å². The van der Waals surface area contributed by atoms with Crippen LogP contribution in [0.15, 0.2) is 30.4 Å². The first kappa shape index (κ1) is 11.6. The Bertz CT molecular complexity index is 388. The molecule has 1 rings (SSSR count). The molecule has 0 bridgehead atoms. The number of halogens is 1. The van der Waals surface area contributed by atoms with E-state index in [2.05, 4.69) is 5.32 Å². The average Bonchev–Trinajstić information content (AvgIpc) is 2.17. The molecular weight excluding hydrogens is 214 g/mol. The summed E-state index contributed by atoms with van der Waals surface area (Å²) < 4.78 is 0. The Labute approximate surface area is 93.4 Å². The lowest BCUT2D eigenvalue weighted by Crippen LogP contribution is -2.01. The molecule has 0 amide bonds. The second-order valence-corrected chi connectivity index (χ2v) is 3.52. The van der Waals surface area contributed by atoms with Crippen LogP contribution >= 0.6 is 11.6 Å². The van der Waals surface area contributed by atoms with Gasteiger partial charge in [0, 0.05) is 23.3 Å². The Hall–Kier alpha value is -1.48. The zero-order chi connectivity index (χ0) is 11.3. The van der Waals surface area contributed by atoms with Crippen molar-refractivity contribution in [2.75, 3.05) is 11.9 Å². The van der Waals surface area contributed by atoms with Crippen LogP contribution in [0.3, 0.4) is 0 Å². The van der Waals surface area contributed by atoms with Crippen molar-refractivity contribution in [3.05, 3.63) is 40.9 Å². The van der Waals surface area contributed by atoms with Gasteiger partial charge in [0.25, 0.3) is 0 Å². The van der Waals surface area contributed by atoms with Gasteiger partial charge in [-0.2, -0.15) is 0 Å². The standard InChI is InChI=1S/C11H12ClNO2/c1-8-4-5-9(12)7-10(8)13-6-2-3-11(14)15/h2-5,7,13H,6H2,1H3,(H,14,15)/b3-2+. The molecule has 3 nitrogen and oxygen atoms in total. The molecule has 0 aliphatic carbocycles. The van der Waals surface area contributed by atoms with Crippen LogP contribution in [0.4, 0.5) is 5.69 Å². The summed E-state index contributed by atoms with van der Waals surface area (Å²) in [5.74, 6) is -0.945. The number of aryl methyl sites for hydroxylation is 1. The van der Waals surface area contributed by atoms with Gasteiger partial charge in [-0.25, -0.2) is 4.79 Å². The highest BCUT2D eigenvalue weighted by atomic mass is 35.5. The van der Waals surface area contributed by atoms with Gasteiger partial charge in [0.1, 0.15) is 0 Å². The van der Waals surface area contributed by atoms with E-state index in [0.29, 0.717) is 11.6 Å². The summed E-state index contributed by atoms with van der Waals surface area (Å²) in [5.41, 5.74) is 1.99. The minimum absolute atomic E-state index is 0.466. The molecule has 0 unspecified atom stereocenters. The van der Waals surface area contributed by atoms with Crippen LogP contribution in [0.2, 0.25) is 5.02 Å². The number of nitrogens with one attached hydrogen (secondary N) is 1. The maximum absolute atomic E-state index is 10.2. The molecule has 0 aliphatic heterocycles. The molecule has 1 aromatic carbocycles. The summed E-state index contributed by atoms with van der Waals surface area (Å²) in [6.07, 6.45) is 2.65. The monoisotopic (exact) mass is 225 g/mol. The van der Waals surface area contributed by atoms with Crippen molar-refractivity contribution in [3.63, 3.8) is 0 Å². The van der Waals surface area contributed by atoms with Crippen molar-refractivity contribution in [2.45, 2.75) is 6.92 Å². The topological polar surface area (TPSA) is 49.3 Å². The first-order valence-corrected chi connectivity index (χ1v) is 4.87. The van der Waals surface area contributed by atoms with Crippen molar-refractivity contribution in [1.82, 2.24) is 0 Å². The van der Waals surface area contributed by atoms with E-state index in [1.165, 1.54) is 0 Å². The Morgan fingerprint density at radius 3 is 3.00 bits per heavy atom. The molecule has 15 heavy (non-hydrogen) atoms. The Morgan fingerprint density at radius 2 is 2.33 bits per heavy atom. The number of hydrogen-bond donors (Lipinski definition) is 2. The van der Waals surface area contributed by atoms with Crippen LogP contribution in [0.25, 0.3) is 0 Å². The second kappa shape index (κ2) is 5.41. The van der Waals surface area contributed by atoms with Crippen LogP contribution in [-0.2, 0) is 4.79 Å². The maximum Gasteiger partial charge on any atom is 0.328 e. The third-order valence-corrected chi connectivity index (χ3v) is 2.11. The van der Waals surface area contributed by atoms with E-state index in [1.54, 1.807) is 6.08 Å². The third-order valence-electron chi connectivity index (χ3n) is 1.87. The Kier molecular flexibility index (Phi) is 4.18. The van der Waals surface area contributed by atoms with E-state index in [0.717, 1.165) is 17.3 Å². The van der Waals surface area contributed by atoms with Gasteiger partial charge in [-0.1, -0.05) is 23.7 Å². The van der Waals surface area contributed by atoms with Crippen LogP contribution in [0.5, 0.6) is 0 Å². The lowest BCUT2D eigenvalue weighted by Gasteiger charge is -2.07. The molecule has 0 saturated heterocycles. The highest BCUT2D eigenvalue weighted by Crippen LogP contribution is 2.19. The van der Waals surface area contributed by atoms with Crippen LogP contribution in [0, 0.1) is 6.92 Å². The minimum atomic E-state index is -0.945. The summed E-state index contributed by atoms with van der Waals surface area (Å²) in [7, 11) is 0. The lowest BCUT2D eigenvalue weighted by molar-refractivity contribution is -0.131. The smallest absolute Gasteiger partial charge is 0.328 e. The number of carboxylic acids is 1. The second-order valence-electron chi connectivity index (χ2n) is 3.08. The zero-order valence-electron chi connectivity index (χ0n) is 8.33. The highest BCUT2D eigenvalue weighted by Gasteiger charge is 1.97. The number of benzene rings is 1. The molecule has 0 radical (unpaired) electrons. The highest BCUT2D eigenvalue weighted by molar-refractivity contribution is 6.30. The molecule has 1 aromatic rings. The van der Waals surface area contributed by atoms with Crippen molar-refractivity contribution in [2.24, 2.45) is 0 Å². The van der Waals surface area contributed by atoms with Gasteiger partial charge in [-0.3, -0.25) is 0 Å². The van der Waals surface area contributed by atoms with Gasteiger partial charge in [0.05, 0.1) is 0 Å². The van der Waals surface area contributed by atoms with Gasteiger partial charge in [0.2, 0.25) is 0 Å². The van der Waals surface area contributed by atoms with E-state index >= 15 is 0 Å². The van der Waals surface area contributed by atoms with Crippen molar-refractivity contribution in [3.8, 4) is 0 Å². The molecule has 80 valence electrons.